The molecule has 0 fully saturated rings. The molecule has 0 radical (unpaired) electrons. The summed E-state index contributed by atoms with van der Waals surface area (Å²) in [6, 6.07) is 8.49. The van der Waals surface area contributed by atoms with Crippen molar-refractivity contribution in [1.29, 1.82) is 0 Å². The summed E-state index contributed by atoms with van der Waals surface area (Å²) in [5.41, 5.74) is 1.40. The molecule has 122 valence electrons. The number of rotatable bonds is 4. The SMILES string of the molecule is CNC(=O)c1ccc(NS(=O)(=O)c2cccc(F)c2C)c(C)c1. The fourth-order valence-electron chi connectivity index (χ4n) is 2.14. The summed E-state index contributed by atoms with van der Waals surface area (Å²) in [6.07, 6.45) is 0. The lowest BCUT2D eigenvalue weighted by molar-refractivity contribution is 0.0963. The Morgan fingerprint density at radius 2 is 1.83 bits per heavy atom. The van der Waals surface area contributed by atoms with Crippen LogP contribution in [-0.4, -0.2) is 21.4 Å². The Bertz CT molecular complexity index is 864. The van der Waals surface area contributed by atoms with E-state index in [1.54, 1.807) is 13.0 Å². The predicted molar refractivity (Wildman–Crippen MR) is 86.5 cm³/mol. The maximum absolute atomic E-state index is 13.6. The van der Waals surface area contributed by atoms with Crippen LogP contribution in [0, 0.1) is 19.7 Å². The van der Waals surface area contributed by atoms with Gasteiger partial charge < -0.3 is 5.32 Å². The number of halogens is 1. The monoisotopic (exact) mass is 336 g/mol. The van der Waals surface area contributed by atoms with E-state index in [0.29, 0.717) is 16.8 Å². The highest BCUT2D eigenvalue weighted by Gasteiger charge is 2.19. The van der Waals surface area contributed by atoms with Gasteiger partial charge in [-0.05, 0) is 49.7 Å². The second-order valence-corrected chi connectivity index (χ2v) is 6.73. The van der Waals surface area contributed by atoms with Crippen molar-refractivity contribution in [1.82, 2.24) is 5.32 Å². The van der Waals surface area contributed by atoms with Gasteiger partial charge in [-0.3, -0.25) is 9.52 Å². The molecule has 0 heterocycles. The number of nitrogens with one attached hydrogen (secondary N) is 2. The summed E-state index contributed by atoms with van der Waals surface area (Å²) in [7, 11) is -2.40. The van der Waals surface area contributed by atoms with E-state index in [1.165, 1.54) is 44.3 Å². The van der Waals surface area contributed by atoms with Crippen LogP contribution in [0.4, 0.5) is 10.1 Å². The van der Waals surface area contributed by atoms with Gasteiger partial charge in [-0.1, -0.05) is 6.07 Å². The Balaban J connectivity index is 2.38. The van der Waals surface area contributed by atoms with Crippen LogP contribution in [0.5, 0.6) is 0 Å². The van der Waals surface area contributed by atoms with Crippen molar-refractivity contribution in [2.24, 2.45) is 0 Å². The van der Waals surface area contributed by atoms with E-state index in [2.05, 4.69) is 10.0 Å². The molecule has 2 aromatic carbocycles. The van der Waals surface area contributed by atoms with E-state index < -0.39 is 15.8 Å². The minimum atomic E-state index is -3.92. The van der Waals surface area contributed by atoms with Gasteiger partial charge in [0.1, 0.15) is 5.82 Å². The topological polar surface area (TPSA) is 75.3 Å². The lowest BCUT2D eigenvalue weighted by Gasteiger charge is -2.13. The lowest BCUT2D eigenvalue weighted by atomic mass is 10.1. The van der Waals surface area contributed by atoms with Crippen molar-refractivity contribution in [3.63, 3.8) is 0 Å². The van der Waals surface area contributed by atoms with Gasteiger partial charge in [-0.15, -0.1) is 0 Å². The predicted octanol–water partition coefficient (Wildman–Crippen LogP) is 2.60. The van der Waals surface area contributed by atoms with Crippen LogP contribution in [0.25, 0.3) is 0 Å². The van der Waals surface area contributed by atoms with Gasteiger partial charge in [-0.25, -0.2) is 12.8 Å². The molecule has 0 saturated heterocycles. The van der Waals surface area contributed by atoms with Gasteiger partial charge in [-0.2, -0.15) is 0 Å². The van der Waals surface area contributed by atoms with Gasteiger partial charge in [0.05, 0.1) is 10.6 Å². The first-order valence-corrected chi connectivity index (χ1v) is 8.35. The maximum Gasteiger partial charge on any atom is 0.262 e. The van der Waals surface area contributed by atoms with Crippen LogP contribution < -0.4 is 10.0 Å². The summed E-state index contributed by atoms with van der Waals surface area (Å²) in [6.45, 7) is 3.09. The quantitative estimate of drug-likeness (QED) is 0.901. The van der Waals surface area contributed by atoms with Gasteiger partial charge in [0, 0.05) is 18.2 Å². The zero-order chi connectivity index (χ0) is 17.2. The highest BCUT2D eigenvalue weighted by molar-refractivity contribution is 7.92. The molecular formula is C16H17FN2O3S. The summed E-state index contributed by atoms with van der Waals surface area (Å²) in [5, 5.41) is 2.50. The van der Waals surface area contributed by atoms with Gasteiger partial charge in [0.15, 0.2) is 0 Å². The van der Waals surface area contributed by atoms with Crippen LogP contribution in [0.2, 0.25) is 0 Å². The van der Waals surface area contributed by atoms with E-state index >= 15 is 0 Å². The molecule has 0 aliphatic heterocycles. The number of hydrogen-bond donors (Lipinski definition) is 2. The molecular weight excluding hydrogens is 319 g/mol. The third kappa shape index (κ3) is 3.50. The van der Waals surface area contributed by atoms with Crippen molar-refractivity contribution in [2.75, 3.05) is 11.8 Å². The molecule has 2 N–H and O–H groups in total. The molecule has 5 nitrogen and oxygen atoms in total. The van der Waals surface area contributed by atoms with Crippen molar-refractivity contribution in [2.45, 2.75) is 18.7 Å². The summed E-state index contributed by atoms with van der Waals surface area (Å²) >= 11 is 0. The number of hydrogen-bond acceptors (Lipinski definition) is 3. The molecule has 0 saturated carbocycles. The fraction of sp³-hybridized carbons (Fsp3) is 0.188. The minimum absolute atomic E-state index is 0.0552. The molecule has 0 aliphatic carbocycles. The second kappa shape index (κ2) is 6.37. The first-order valence-electron chi connectivity index (χ1n) is 6.87. The fourth-order valence-corrected chi connectivity index (χ4v) is 3.53. The van der Waals surface area contributed by atoms with Crippen LogP contribution >= 0.6 is 0 Å². The number of aryl methyl sites for hydroxylation is 1. The van der Waals surface area contributed by atoms with Crippen molar-refractivity contribution in [3.05, 3.63) is 58.9 Å². The second-order valence-electron chi connectivity index (χ2n) is 5.08. The van der Waals surface area contributed by atoms with E-state index in [-0.39, 0.29) is 16.4 Å². The Hall–Kier alpha value is -2.41. The van der Waals surface area contributed by atoms with Crippen molar-refractivity contribution in [3.8, 4) is 0 Å². The molecule has 2 rings (SSSR count). The van der Waals surface area contributed by atoms with Gasteiger partial charge >= 0.3 is 0 Å². The Kier molecular flexibility index (Phi) is 4.70. The molecule has 23 heavy (non-hydrogen) atoms. The zero-order valence-corrected chi connectivity index (χ0v) is 13.8. The normalized spacial score (nSPS) is 11.1. The largest absolute Gasteiger partial charge is 0.355 e. The molecule has 0 atom stereocenters. The molecule has 0 aliphatic rings. The molecule has 0 unspecified atom stereocenters. The van der Waals surface area contributed by atoms with E-state index in [4.69, 9.17) is 0 Å². The third-order valence-corrected chi connectivity index (χ3v) is 4.98. The molecule has 0 spiro atoms. The third-order valence-electron chi connectivity index (χ3n) is 3.47. The number of sulfonamides is 1. The van der Waals surface area contributed by atoms with Gasteiger partial charge in [0.25, 0.3) is 15.9 Å². The zero-order valence-electron chi connectivity index (χ0n) is 13.0. The smallest absolute Gasteiger partial charge is 0.262 e. The lowest BCUT2D eigenvalue weighted by Crippen LogP contribution is -2.19. The van der Waals surface area contributed by atoms with E-state index in [9.17, 15) is 17.6 Å². The maximum atomic E-state index is 13.6. The first-order chi connectivity index (χ1) is 10.8. The highest BCUT2D eigenvalue weighted by Crippen LogP contribution is 2.23. The number of benzene rings is 2. The summed E-state index contributed by atoms with van der Waals surface area (Å²) < 4.78 is 40.9. The standard InChI is InChI=1S/C16H17FN2O3S/c1-10-9-12(16(20)18-3)7-8-14(10)19-23(21,22)15-6-4-5-13(17)11(15)2/h4-9,19H,1-3H3,(H,18,20). The molecule has 1 amide bonds. The van der Waals surface area contributed by atoms with Crippen LogP contribution in [0.1, 0.15) is 21.5 Å². The molecule has 0 bridgehead atoms. The highest BCUT2D eigenvalue weighted by atomic mass is 32.2. The number of anilines is 1. The number of carbonyl (C=O) groups excluding carboxylic acids is 1. The van der Waals surface area contributed by atoms with Crippen LogP contribution in [0.15, 0.2) is 41.3 Å². The average Bonchev–Trinajstić information content (AvgIpc) is 2.50. The van der Waals surface area contributed by atoms with Crippen molar-refractivity contribution < 1.29 is 17.6 Å². The Morgan fingerprint density at radius 3 is 2.43 bits per heavy atom. The van der Waals surface area contributed by atoms with Gasteiger partial charge in [0.2, 0.25) is 0 Å². The summed E-state index contributed by atoms with van der Waals surface area (Å²) in [5.74, 6) is -0.844. The first kappa shape index (κ1) is 17.0. The molecule has 2 aromatic rings. The van der Waals surface area contributed by atoms with Crippen molar-refractivity contribution >= 4 is 21.6 Å². The summed E-state index contributed by atoms with van der Waals surface area (Å²) in [4.78, 5) is 11.5. The minimum Gasteiger partial charge on any atom is -0.355 e. The number of carbonyl (C=O) groups is 1. The molecule has 7 heteroatoms. The van der Waals surface area contributed by atoms with Crippen LogP contribution in [0.3, 0.4) is 0 Å². The number of amides is 1. The van der Waals surface area contributed by atoms with Crippen LogP contribution in [-0.2, 0) is 10.0 Å². The van der Waals surface area contributed by atoms with E-state index in [0.717, 1.165) is 0 Å². The van der Waals surface area contributed by atoms with E-state index in [1.807, 2.05) is 0 Å². The molecule has 0 aromatic heterocycles. The Morgan fingerprint density at radius 1 is 1.13 bits per heavy atom. The average molecular weight is 336 g/mol. The Labute approximate surface area is 134 Å².